The van der Waals surface area contributed by atoms with E-state index in [1.165, 1.54) is 32.2 Å². The van der Waals surface area contributed by atoms with E-state index in [-0.39, 0.29) is 0 Å². The molecule has 0 amide bonds. The first kappa shape index (κ1) is 9.17. The Labute approximate surface area is 86.8 Å². The van der Waals surface area contributed by atoms with E-state index in [1.54, 1.807) is 0 Å². The largest absolute Gasteiger partial charge is 0.326 e. The minimum absolute atomic E-state index is 0.513. The van der Waals surface area contributed by atoms with Gasteiger partial charge in [0.05, 0.1) is 0 Å². The second-order valence-corrected chi connectivity index (χ2v) is 6.40. The Kier molecular flexibility index (Phi) is 1.79. The molecule has 0 radical (unpaired) electrons. The molecule has 2 saturated heterocycles. The molecule has 0 aromatic rings. The Morgan fingerprint density at radius 2 is 2.14 bits per heavy atom. The summed E-state index contributed by atoms with van der Waals surface area (Å²) in [5, 5.41) is 0. The fourth-order valence-electron chi connectivity index (χ4n) is 3.80. The summed E-state index contributed by atoms with van der Waals surface area (Å²) in [5.74, 6) is 0.837. The van der Waals surface area contributed by atoms with E-state index in [4.69, 9.17) is 5.73 Å². The van der Waals surface area contributed by atoms with Gasteiger partial charge in [0, 0.05) is 24.7 Å². The van der Waals surface area contributed by atoms with Crippen LogP contribution >= 0.6 is 0 Å². The van der Waals surface area contributed by atoms with Crippen molar-refractivity contribution in [2.45, 2.75) is 57.7 Å². The number of hydrogen-bond acceptors (Lipinski definition) is 2. The summed E-state index contributed by atoms with van der Waals surface area (Å²) in [5.41, 5.74) is 6.70. The van der Waals surface area contributed by atoms with Crippen LogP contribution in [-0.4, -0.2) is 29.6 Å². The van der Waals surface area contributed by atoms with Crippen molar-refractivity contribution < 1.29 is 0 Å². The number of rotatable bonds is 1. The Morgan fingerprint density at radius 3 is 2.57 bits per heavy atom. The van der Waals surface area contributed by atoms with Crippen LogP contribution in [0.1, 0.15) is 39.5 Å². The first-order chi connectivity index (χ1) is 6.57. The zero-order valence-electron chi connectivity index (χ0n) is 9.37. The summed E-state index contributed by atoms with van der Waals surface area (Å²) in [6, 6.07) is 2.12. The minimum atomic E-state index is 0.513. The lowest BCUT2D eigenvalue weighted by atomic mass is 9.81. The fraction of sp³-hybridized carbons (Fsp3) is 1.00. The number of hydrogen-bond donors (Lipinski definition) is 1. The van der Waals surface area contributed by atoms with Gasteiger partial charge in [-0.3, -0.25) is 4.90 Å². The SMILES string of the molecule is CC1(C)CCC(N2CC3CC2C3N)C1. The molecule has 0 aromatic heterocycles. The molecule has 2 N–H and O–H groups in total. The first-order valence-corrected chi connectivity index (χ1v) is 6.08. The van der Waals surface area contributed by atoms with Gasteiger partial charge in [-0.1, -0.05) is 13.8 Å². The zero-order valence-corrected chi connectivity index (χ0v) is 9.37. The van der Waals surface area contributed by atoms with Crippen molar-refractivity contribution in [1.82, 2.24) is 4.90 Å². The summed E-state index contributed by atoms with van der Waals surface area (Å²) in [6.45, 7) is 6.12. The second kappa shape index (κ2) is 2.73. The van der Waals surface area contributed by atoms with Crippen LogP contribution < -0.4 is 5.73 Å². The van der Waals surface area contributed by atoms with Crippen LogP contribution in [0.3, 0.4) is 0 Å². The van der Waals surface area contributed by atoms with Gasteiger partial charge in [-0.05, 0) is 37.0 Å². The third kappa shape index (κ3) is 1.17. The molecule has 2 heterocycles. The van der Waals surface area contributed by atoms with Crippen molar-refractivity contribution >= 4 is 0 Å². The maximum absolute atomic E-state index is 6.11. The molecule has 2 aliphatic carbocycles. The molecule has 4 aliphatic rings. The van der Waals surface area contributed by atoms with Gasteiger partial charge in [0.25, 0.3) is 0 Å². The maximum Gasteiger partial charge on any atom is 0.0257 e. The molecule has 0 spiro atoms. The molecular formula is C12H22N2. The Hall–Kier alpha value is -0.0800. The van der Waals surface area contributed by atoms with Crippen LogP contribution in [0.2, 0.25) is 0 Å². The van der Waals surface area contributed by atoms with Crippen LogP contribution in [-0.2, 0) is 0 Å². The van der Waals surface area contributed by atoms with Gasteiger partial charge in [-0.2, -0.15) is 0 Å². The van der Waals surface area contributed by atoms with E-state index in [9.17, 15) is 0 Å². The highest BCUT2D eigenvalue weighted by Gasteiger charge is 2.53. The van der Waals surface area contributed by atoms with Crippen molar-refractivity contribution in [2.24, 2.45) is 17.1 Å². The quantitative estimate of drug-likeness (QED) is 0.687. The van der Waals surface area contributed by atoms with Crippen LogP contribution in [0.5, 0.6) is 0 Å². The van der Waals surface area contributed by atoms with Gasteiger partial charge >= 0.3 is 0 Å². The van der Waals surface area contributed by atoms with Crippen LogP contribution in [0.4, 0.5) is 0 Å². The summed E-state index contributed by atoms with van der Waals surface area (Å²) >= 11 is 0. The lowest BCUT2D eigenvalue weighted by molar-refractivity contribution is 0.159. The molecule has 2 nitrogen and oxygen atoms in total. The van der Waals surface area contributed by atoms with Gasteiger partial charge in [0.1, 0.15) is 0 Å². The molecule has 4 rings (SSSR count). The van der Waals surface area contributed by atoms with Gasteiger partial charge in [0.15, 0.2) is 0 Å². The average Bonchev–Trinajstić information content (AvgIpc) is 2.74. The van der Waals surface area contributed by atoms with Gasteiger partial charge in [-0.15, -0.1) is 0 Å². The molecule has 2 saturated carbocycles. The second-order valence-electron chi connectivity index (χ2n) is 6.40. The Bertz CT molecular complexity index is 249. The molecule has 14 heavy (non-hydrogen) atoms. The molecule has 4 fully saturated rings. The highest BCUT2D eigenvalue weighted by Crippen LogP contribution is 2.47. The summed E-state index contributed by atoms with van der Waals surface area (Å²) in [4.78, 5) is 2.73. The van der Waals surface area contributed by atoms with Crippen molar-refractivity contribution in [1.29, 1.82) is 0 Å². The Balaban J connectivity index is 1.68. The van der Waals surface area contributed by atoms with E-state index < -0.39 is 0 Å². The van der Waals surface area contributed by atoms with Crippen molar-refractivity contribution in [3.05, 3.63) is 0 Å². The molecule has 4 unspecified atom stereocenters. The molecule has 0 aromatic carbocycles. The molecule has 2 bridgehead atoms. The summed E-state index contributed by atoms with van der Waals surface area (Å²) in [6.07, 6.45) is 5.59. The van der Waals surface area contributed by atoms with Gasteiger partial charge in [-0.25, -0.2) is 0 Å². The number of fused-ring (bicyclic) bond motifs is 1. The van der Waals surface area contributed by atoms with Crippen molar-refractivity contribution in [3.63, 3.8) is 0 Å². The molecular weight excluding hydrogens is 172 g/mol. The molecule has 4 atom stereocenters. The smallest absolute Gasteiger partial charge is 0.0257 e. The maximum atomic E-state index is 6.11. The number of nitrogens with two attached hydrogens (primary N) is 1. The molecule has 80 valence electrons. The van der Waals surface area contributed by atoms with Crippen molar-refractivity contribution in [2.75, 3.05) is 6.54 Å². The first-order valence-electron chi connectivity index (χ1n) is 6.08. The summed E-state index contributed by atoms with van der Waals surface area (Å²) < 4.78 is 0. The van der Waals surface area contributed by atoms with Crippen LogP contribution in [0, 0.1) is 11.3 Å². The van der Waals surface area contributed by atoms with E-state index in [1.807, 2.05) is 0 Å². The predicted octanol–water partition coefficient (Wildman–Crippen LogP) is 1.60. The van der Waals surface area contributed by atoms with E-state index in [0.717, 1.165) is 18.0 Å². The zero-order chi connectivity index (χ0) is 9.92. The third-order valence-electron chi connectivity index (χ3n) is 4.82. The topological polar surface area (TPSA) is 29.3 Å². The highest BCUT2D eigenvalue weighted by molar-refractivity contribution is 5.10. The van der Waals surface area contributed by atoms with E-state index in [0.29, 0.717) is 11.5 Å². The normalized spacial score (nSPS) is 50.8. The van der Waals surface area contributed by atoms with Gasteiger partial charge in [0.2, 0.25) is 0 Å². The average molecular weight is 194 g/mol. The highest BCUT2D eigenvalue weighted by atomic mass is 15.3. The Morgan fingerprint density at radius 1 is 1.36 bits per heavy atom. The van der Waals surface area contributed by atoms with E-state index in [2.05, 4.69) is 18.7 Å². The summed E-state index contributed by atoms with van der Waals surface area (Å²) in [7, 11) is 0. The predicted molar refractivity (Wildman–Crippen MR) is 58.0 cm³/mol. The minimum Gasteiger partial charge on any atom is -0.326 e. The lowest BCUT2D eigenvalue weighted by Crippen LogP contribution is -2.51. The van der Waals surface area contributed by atoms with Gasteiger partial charge < -0.3 is 5.73 Å². The fourth-order valence-corrected chi connectivity index (χ4v) is 3.80. The molecule has 2 aliphatic heterocycles. The molecule has 2 heteroatoms. The standard InChI is InChI=1S/C12H22N2/c1-12(2)4-3-9(6-12)14-7-8-5-10(14)11(8)13/h8-11H,3-7,13H2,1-2H3. The number of nitrogens with zero attached hydrogens (tertiary/aromatic N) is 1. The monoisotopic (exact) mass is 194 g/mol. The third-order valence-corrected chi connectivity index (χ3v) is 4.82. The lowest BCUT2D eigenvalue weighted by Gasteiger charge is -2.36. The van der Waals surface area contributed by atoms with Crippen LogP contribution in [0.25, 0.3) is 0 Å². The van der Waals surface area contributed by atoms with Crippen molar-refractivity contribution in [3.8, 4) is 0 Å². The van der Waals surface area contributed by atoms with Crippen LogP contribution in [0.15, 0.2) is 0 Å². The van der Waals surface area contributed by atoms with E-state index >= 15 is 0 Å².